The van der Waals surface area contributed by atoms with Gasteiger partial charge in [-0.3, -0.25) is 0 Å². The van der Waals surface area contributed by atoms with Crippen LogP contribution >= 0.6 is 0 Å². The van der Waals surface area contributed by atoms with Gasteiger partial charge in [0.1, 0.15) is 0 Å². The summed E-state index contributed by atoms with van der Waals surface area (Å²) < 4.78 is 4.96. The van der Waals surface area contributed by atoms with Crippen LogP contribution in [0.2, 0.25) is 0 Å². The number of hydrogen-bond donors (Lipinski definition) is 1. The molecular formula is C11H11N3O. The first-order valence-corrected chi connectivity index (χ1v) is 4.96. The monoisotopic (exact) mass is 201 g/mol. The molecule has 4 nitrogen and oxygen atoms in total. The van der Waals surface area contributed by atoms with Crippen molar-refractivity contribution in [2.24, 2.45) is 0 Å². The van der Waals surface area contributed by atoms with Crippen LogP contribution in [0.5, 0.6) is 0 Å². The Morgan fingerprint density at radius 1 is 1.27 bits per heavy atom. The topological polar surface area (TPSA) is 51.0 Å². The molecule has 1 aliphatic heterocycles. The summed E-state index contributed by atoms with van der Waals surface area (Å²) in [6.07, 6.45) is 0. The van der Waals surface area contributed by atoms with E-state index >= 15 is 0 Å². The number of aromatic nitrogens is 2. The van der Waals surface area contributed by atoms with Gasteiger partial charge in [-0.2, -0.15) is 4.98 Å². The molecule has 1 aromatic carbocycles. The zero-order valence-corrected chi connectivity index (χ0v) is 8.45. The van der Waals surface area contributed by atoms with E-state index in [4.69, 9.17) is 4.52 Å². The minimum Gasteiger partial charge on any atom is -0.339 e. The average molecular weight is 201 g/mol. The molecule has 1 aliphatic rings. The van der Waals surface area contributed by atoms with Crippen LogP contribution in [0.3, 0.4) is 0 Å². The van der Waals surface area contributed by atoms with Crippen molar-refractivity contribution in [3.8, 4) is 11.4 Å². The lowest BCUT2D eigenvalue weighted by atomic mass is 10.1. The third kappa shape index (κ3) is 1.43. The molecule has 1 aromatic heterocycles. The van der Waals surface area contributed by atoms with Crippen LogP contribution in [0.25, 0.3) is 11.4 Å². The molecule has 2 heterocycles. The van der Waals surface area contributed by atoms with E-state index in [1.54, 1.807) is 6.92 Å². The summed E-state index contributed by atoms with van der Waals surface area (Å²) in [5.74, 6) is 1.27. The van der Waals surface area contributed by atoms with Gasteiger partial charge in [0.25, 0.3) is 0 Å². The lowest BCUT2D eigenvalue weighted by Crippen LogP contribution is -1.99. The van der Waals surface area contributed by atoms with Gasteiger partial charge in [-0.05, 0) is 17.2 Å². The van der Waals surface area contributed by atoms with Crippen LogP contribution in [-0.4, -0.2) is 10.1 Å². The van der Waals surface area contributed by atoms with Crippen molar-refractivity contribution < 1.29 is 4.52 Å². The molecule has 1 N–H and O–H groups in total. The maximum atomic E-state index is 4.96. The molecule has 2 aromatic rings. The molecule has 0 saturated heterocycles. The van der Waals surface area contributed by atoms with Crippen LogP contribution in [0.15, 0.2) is 22.7 Å². The van der Waals surface area contributed by atoms with Crippen molar-refractivity contribution in [2.45, 2.75) is 20.0 Å². The second kappa shape index (κ2) is 3.17. The summed E-state index contributed by atoms with van der Waals surface area (Å²) in [5, 5.41) is 7.21. The molecule has 3 rings (SSSR count). The van der Waals surface area contributed by atoms with E-state index in [2.05, 4.69) is 27.6 Å². The highest BCUT2D eigenvalue weighted by molar-refractivity contribution is 5.57. The zero-order valence-electron chi connectivity index (χ0n) is 8.45. The molecule has 4 heteroatoms. The van der Waals surface area contributed by atoms with Crippen LogP contribution in [0.4, 0.5) is 0 Å². The van der Waals surface area contributed by atoms with Crippen molar-refractivity contribution in [1.29, 1.82) is 0 Å². The third-order valence-electron chi connectivity index (χ3n) is 2.62. The average Bonchev–Trinajstić information content (AvgIpc) is 2.84. The van der Waals surface area contributed by atoms with Gasteiger partial charge >= 0.3 is 0 Å². The zero-order chi connectivity index (χ0) is 10.3. The highest BCUT2D eigenvalue weighted by atomic mass is 16.5. The smallest absolute Gasteiger partial charge is 0.223 e. The third-order valence-corrected chi connectivity index (χ3v) is 2.62. The molecule has 0 radical (unpaired) electrons. The SMILES string of the molecule is Cc1nc(-c2ccc3c(c2)CNC3)no1. The van der Waals surface area contributed by atoms with Gasteiger partial charge in [0.05, 0.1) is 0 Å². The second-order valence-electron chi connectivity index (χ2n) is 3.72. The Morgan fingerprint density at radius 3 is 2.93 bits per heavy atom. The Morgan fingerprint density at radius 2 is 2.13 bits per heavy atom. The number of benzene rings is 1. The Labute approximate surface area is 87.3 Å². The van der Waals surface area contributed by atoms with E-state index in [1.807, 2.05) is 6.07 Å². The summed E-state index contributed by atoms with van der Waals surface area (Å²) >= 11 is 0. The van der Waals surface area contributed by atoms with Gasteiger partial charge in [-0.1, -0.05) is 17.3 Å². The molecule has 0 bridgehead atoms. The van der Waals surface area contributed by atoms with E-state index in [1.165, 1.54) is 11.1 Å². The van der Waals surface area contributed by atoms with Gasteiger partial charge in [-0.25, -0.2) is 0 Å². The molecular weight excluding hydrogens is 190 g/mol. The number of nitrogens with one attached hydrogen (secondary N) is 1. The fourth-order valence-electron chi connectivity index (χ4n) is 1.85. The summed E-state index contributed by atoms with van der Waals surface area (Å²) in [7, 11) is 0. The Bertz CT molecular complexity index is 504. The number of hydrogen-bond acceptors (Lipinski definition) is 4. The van der Waals surface area contributed by atoms with Crippen LogP contribution in [0, 0.1) is 6.92 Å². The highest BCUT2D eigenvalue weighted by Crippen LogP contribution is 2.22. The maximum absolute atomic E-state index is 4.96. The van der Waals surface area contributed by atoms with E-state index in [0.29, 0.717) is 11.7 Å². The molecule has 0 amide bonds. The first kappa shape index (κ1) is 8.61. The number of fused-ring (bicyclic) bond motifs is 1. The fraction of sp³-hybridized carbons (Fsp3) is 0.273. The van der Waals surface area contributed by atoms with Crippen LogP contribution in [-0.2, 0) is 13.1 Å². The van der Waals surface area contributed by atoms with E-state index in [0.717, 1.165) is 18.7 Å². The number of aryl methyl sites for hydroxylation is 1. The largest absolute Gasteiger partial charge is 0.339 e. The van der Waals surface area contributed by atoms with Crippen molar-refractivity contribution in [2.75, 3.05) is 0 Å². The quantitative estimate of drug-likeness (QED) is 0.762. The Hall–Kier alpha value is -1.68. The first-order valence-electron chi connectivity index (χ1n) is 4.96. The van der Waals surface area contributed by atoms with Gasteiger partial charge in [0.2, 0.25) is 11.7 Å². The highest BCUT2D eigenvalue weighted by Gasteiger charge is 2.12. The lowest BCUT2D eigenvalue weighted by molar-refractivity contribution is 0.394. The van der Waals surface area contributed by atoms with Crippen molar-refractivity contribution in [3.63, 3.8) is 0 Å². The normalized spacial score (nSPS) is 14.2. The molecule has 0 atom stereocenters. The molecule has 76 valence electrons. The lowest BCUT2D eigenvalue weighted by Gasteiger charge is -1.99. The van der Waals surface area contributed by atoms with Crippen molar-refractivity contribution >= 4 is 0 Å². The summed E-state index contributed by atoms with van der Waals surface area (Å²) in [6, 6.07) is 6.28. The Balaban J connectivity index is 2.06. The van der Waals surface area contributed by atoms with Gasteiger partial charge in [0.15, 0.2) is 0 Å². The maximum Gasteiger partial charge on any atom is 0.223 e. The number of nitrogens with zero attached hydrogens (tertiary/aromatic N) is 2. The molecule has 0 spiro atoms. The molecule has 0 aliphatic carbocycles. The summed E-state index contributed by atoms with van der Waals surface area (Å²) in [5.41, 5.74) is 3.71. The van der Waals surface area contributed by atoms with Crippen molar-refractivity contribution in [1.82, 2.24) is 15.5 Å². The van der Waals surface area contributed by atoms with E-state index in [-0.39, 0.29) is 0 Å². The molecule has 15 heavy (non-hydrogen) atoms. The van der Waals surface area contributed by atoms with Gasteiger partial charge < -0.3 is 9.84 Å². The van der Waals surface area contributed by atoms with E-state index < -0.39 is 0 Å². The van der Waals surface area contributed by atoms with Gasteiger partial charge in [-0.15, -0.1) is 0 Å². The number of rotatable bonds is 1. The van der Waals surface area contributed by atoms with Gasteiger partial charge in [0, 0.05) is 25.6 Å². The fourth-order valence-corrected chi connectivity index (χ4v) is 1.85. The minimum absolute atomic E-state index is 0.601. The minimum atomic E-state index is 0.601. The van der Waals surface area contributed by atoms with Crippen molar-refractivity contribution in [3.05, 3.63) is 35.2 Å². The predicted molar refractivity (Wildman–Crippen MR) is 55.0 cm³/mol. The first-order chi connectivity index (χ1) is 7.33. The predicted octanol–water partition coefficient (Wildman–Crippen LogP) is 1.65. The van der Waals surface area contributed by atoms with Crippen LogP contribution in [0.1, 0.15) is 17.0 Å². The molecule has 0 fully saturated rings. The van der Waals surface area contributed by atoms with E-state index in [9.17, 15) is 0 Å². The standard InChI is InChI=1S/C11H11N3O/c1-7-13-11(14-15-7)8-2-3-9-5-12-6-10(9)4-8/h2-4,12H,5-6H2,1H3. The summed E-state index contributed by atoms with van der Waals surface area (Å²) in [6.45, 7) is 3.69. The molecule has 0 unspecified atom stereocenters. The second-order valence-corrected chi connectivity index (χ2v) is 3.72. The Kier molecular flexibility index (Phi) is 1.82. The van der Waals surface area contributed by atoms with Crippen LogP contribution < -0.4 is 5.32 Å². The molecule has 0 saturated carbocycles. The summed E-state index contributed by atoms with van der Waals surface area (Å²) in [4.78, 5) is 4.21.